The average Bonchev–Trinajstić information content (AvgIpc) is 2.67. The van der Waals surface area contributed by atoms with Crippen LogP contribution in [0.4, 0.5) is 15.8 Å². The van der Waals surface area contributed by atoms with Crippen LogP contribution in [-0.2, 0) is 6.42 Å². The second-order valence-electron chi connectivity index (χ2n) is 6.06. The second kappa shape index (κ2) is 8.81. The van der Waals surface area contributed by atoms with E-state index in [-0.39, 0.29) is 5.91 Å². The fourth-order valence-electron chi connectivity index (χ4n) is 2.67. The highest BCUT2D eigenvalue weighted by molar-refractivity contribution is 6.04. The zero-order valence-corrected chi connectivity index (χ0v) is 14.4. The Morgan fingerprint density at radius 3 is 2.31 bits per heavy atom. The van der Waals surface area contributed by atoms with Crippen LogP contribution in [-0.4, -0.2) is 12.5 Å². The van der Waals surface area contributed by atoms with E-state index in [0.717, 1.165) is 25.1 Å². The van der Waals surface area contributed by atoms with E-state index in [1.54, 1.807) is 6.07 Å². The smallest absolute Gasteiger partial charge is 0.255 e. The average molecular weight is 348 g/mol. The molecule has 1 amide bonds. The summed E-state index contributed by atoms with van der Waals surface area (Å²) in [6, 6.07) is 23.5. The van der Waals surface area contributed by atoms with Gasteiger partial charge in [0.05, 0.1) is 0 Å². The van der Waals surface area contributed by atoms with Gasteiger partial charge in [-0.15, -0.1) is 0 Å². The molecule has 0 saturated heterocycles. The molecule has 3 aromatic rings. The Kier molecular flexibility index (Phi) is 5.99. The molecule has 0 unspecified atom stereocenters. The summed E-state index contributed by atoms with van der Waals surface area (Å²) in [5.41, 5.74) is 3.31. The van der Waals surface area contributed by atoms with Gasteiger partial charge in [-0.3, -0.25) is 4.79 Å². The zero-order chi connectivity index (χ0) is 18.2. The van der Waals surface area contributed by atoms with E-state index in [2.05, 4.69) is 34.9 Å². The van der Waals surface area contributed by atoms with E-state index < -0.39 is 5.82 Å². The topological polar surface area (TPSA) is 41.1 Å². The summed E-state index contributed by atoms with van der Waals surface area (Å²) < 4.78 is 13.2. The third-order valence-electron chi connectivity index (χ3n) is 4.04. The van der Waals surface area contributed by atoms with Crippen molar-refractivity contribution in [2.24, 2.45) is 0 Å². The number of anilines is 2. The molecule has 0 heterocycles. The predicted octanol–water partition coefficient (Wildman–Crippen LogP) is 5.12. The molecule has 4 heteroatoms. The van der Waals surface area contributed by atoms with Crippen molar-refractivity contribution in [1.82, 2.24) is 0 Å². The van der Waals surface area contributed by atoms with E-state index in [4.69, 9.17) is 0 Å². The summed E-state index contributed by atoms with van der Waals surface area (Å²) in [5, 5.41) is 6.14. The highest BCUT2D eigenvalue weighted by Gasteiger charge is 2.06. The first-order valence-electron chi connectivity index (χ1n) is 8.65. The van der Waals surface area contributed by atoms with E-state index >= 15 is 0 Å². The number of hydrogen-bond acceptors (Lipinski definition) is 2. The van der Waals surface area contributed by atoms with Crippen LogP contribution in [0.5, 0.6) is 0 Å². The highest BCUT2D eigenvalue weighted by atomic mass is 19.1. The Hall–Kier alpha value is -3.14. The number of nitrogens with one attached hydrogen (secondary N) is 2. The molecule has 0 aromatic heterocycles. The molecule has 0 saturated carbocycles. The molecule has 3 rings (SSSR count). The van der Waals surface area contributed by atoms with Gasteiger partial charge in [-0.25, -0.2) is 4.39 Å². The normalized spacial score (nSPS) is 10.3. The lowest BCUT2D eigenvalue weighted by Gasteiger charge is -2.09. The fraction of sp³-hybridized carbons (Fsp3) is 0.136. The lowest BCUT2D eigenvalue weighted by atomic mass is 10.1. The van der Waals surface area contributed by atoms with Gasteiger partial charge in [-0.2, -0.15) is 0 Å². The first kappa shape index (κ1) is 17.7. The van der Waals surface area contributed by atoms with Crippen molar-refractivity contribution in [2.45, 2.75) is 12.8 Å². The molecule has 0 fully saturated rings. The Bertz CT molecular complexity index is 848. The van der Waals surface area contributed by atoms with Gasteiger partial charge in [0.15, 0.2) is 0 Å². The van der Waals surface area contributed by atoms with Gasteiger partial charge in [0.2, 0.25) is 0 Å². The summed E-state index contributed by atoms with van der Waals surface area (Å²) in [5.74, 6) is -0.749. The molecule has 0 spiro atoms. The molecule has 3 aromatic carbocycles. The fourth-order valence-corrected chi connectivity index (χ4v) is 2.67. The summed E-state index contributed by atoms with van der Waals surface area (Å²) in [6.07, 6.45) is 2.08. The molecule has 0 aliphatic rings. The number of rotatable bonds is 7. The molecule has 0 bridgehead atoms. The van der Waals surface area contributed by atoms with Gasteiger partial charge >= 0.3 is 0 Å². The van der Waals surface area contributed by atoms with E-state index in [9.17, 15) is 9.18 Å². The van der Waals surface area contributed by atoms with Crippen molar-refractivity contribution in [2.75, 3.05) is 17.2 Å². The molecule has 26 heavy (non-hydrogen) atoms. The van der Waals surface area contributed by atoms with Gasteiger partial charge < -0.3 is 10.6 Å². The van der Waals surface area contributed by atoms with Gasteiger partial charge in [0.25, 0.3) is 5.91 Å². The molecular weight excluding hydrogens is 327 g/mol. The lowest BCUT2D eigenvalue weighted by molar-refractivity contribution is 0.102. The van der Waals surface area contributed by atoms with E-state index in [1.165, 1.54) is 23.8 Å². The first-order valence-corrected chi connectivity index (χ1v) is 8.65. The SMILES string of the molecule is O=C(Nc1ccc(NCCCc2ccccc2)cc1)c1cccc(F)c1. The molecule has 0 aliphatic heterocycles. The lowest BCUT2D eigenvalue weighted by Crippen LogP contribution is -2.12. The van der Waals surface area contributed by atoms with Crippen LogP contribution in [0.1, 0.15) is 22.3 Å². The molecular formula is C22H21FN2O. The van der Waals surface area contributed by atoms with E-state index in [1.807, 2.05) is 30.3 Å². The third kappa shape index (κ3) is 5.18. The van der Waals surface area contributed by atoms with Crippen molar-refractivity contribution in [3.05, 3.63) is 95.8 Å². The van der Waals surface area contributed by atoms with Crippen molar-refractivity contribution < 1.29 is 9.18 Å². The van der Waals surface area contributed by atoms with Gasteiger partial charge in [-0.1, -0.05) is 36.4 Å². The Balaban J connectivity index is 1.46. The number of halogens is 1. The van der Waals surface area contributed by atoms with Crippen LogP contribution < -0.4 is 10.6 Å². The molecule has 132 valence electrons. The van der Waals surface area contributed by atoms with E-state index in [0.29, 0.717) is 11.3 Å². The minimum Gasteiger partial charge on any atom is -0.385 e. The number of carbonyl (C=O) groups excluding carboxylic acids is 1. The highest BCUT2D eigenvalue weighted by Crippen LogP contribution is 2.15. The first-order chi connectivity index (χ1) is 12.7. The maximum Gasteiger partial charge on any atom is 0.255 e. The molecule has 0 atom stereocenters. The third-order valence-corrected chi connectivity index (χ3v) is 4.04. The van der Waals surface area contributed by atoms with Gasteiger partial charge in [0.1, 0.15) is 5.82 Å². The van der Waals surface area contributed by atoms with Crippen LogP contribution >= 0.6 is 0 Å². The predicted molar refractivity (Wildman–Crippen MR) is 104 cm³/mol. The summed E-state index contributed by atoms with van der Waals surface area (Å²) in [6.45, 7) is 0.879. The van der Waals surface area contributed by atoms with Gasteiger partial charge in [-0.05, 0) is 60.9 Å². The minimum atomic E-state index is -0.423. The minimum absolute atomic E-state index is 0.299. The van der Waals surface area contributed by atoms with Crippen molar-refractivity contribution in [3.8, 4) is 0 Å². The maximum atomic E-state index is 13.2. The van der Waals surface area contributed by atoms with Crippen LogP contribution in [0.15, 0.2) is 78.9 Å². The van der Waals surface area contributed by atoms with Crippen molar-refractivity contribution in [1.29, 1.82) is 0 Å². The summed E-state index contributed by atoms with van der Waals surface area (Å²) >= 11 is 0. The molecule has 0 radical (unpaired) electrons. The monoisotopic (exact) mass is 348 g/mol. The maximum absolute atomic E-state index is 13.2. The number of aryl methyl sites for hydroxylation is 1. The van der Waals surface area contributed by atoms with Crippen molar-refractivity contribution >= 4 is 17.3 Å². The second-order valence-corrected chi connectivity index (χ2v) is 6.06. The van der Waals surface area contributed by atoms with Crippen molar-refractivity contribution in [3.63, 3.8) is 0 Å². The quantitative estimate of drug-likeness (QED) is 0.582. The molecule has 0 aliphatic carbocycles. The zero-order valence-electron chi connectivity index (χ0n) is 14.4. The standard InChI is InChI=1S/C22H21FN2O/c23-19-10-4-9-18(16-19)22(26)25-21-13-11-20(12-14-21)24-15-5-8-17-6-2-1-3-7-17/h1-4,6-7,9-14,16,24H,5,8,15H2,(H,25,26). The van der Waals surface area contributed by atoms with Crippen LogP contribution in [0.2, 0.25) is 0 Å². The molecule has 2 N–H and O–H groups in total. The van der Waals surface area contributed by atoms with Crippen LogP contribution in [0, 0.1) is 5.82 Å². The number of amides is 1. The van der Waals surface area contributed by atoms with Crippen LogP contribution in [0.3, 0.4) is 0 Å². The van der Waals surface area contributed by atoms with Crippen LogP contribution in [0.25, 0.3) is 0 Å². The summed E-state index contributed by atoms with van der Waals surface area (Å²) in [4.78, 5) is 12.1. The Labute approximate surface area is 152 Å². The Morgan fingerprint density at radius 1 is 0.846 bits per heavy atom. The largest absolute Gasteiger partial charge is 0.385 e. The number of carbonyl (C=O) groups is 1. The van der Waals surface area contributed by atoms with Gasteiger partial charge in [0, 0.05) is 23.5 Å². The summed E-state index contributed by atoms with van der Waals surface area (Å²) in [7, 11) is 0. The number of hydrogen-bond donors (Lipinski definition) is 2. The Morgan fingerprint density at radius 2 is 1.58 bits per heavy atom. The number of benzene rings is 3. The molecule has 3 nitrogen and oxygen atoms in total.